The zero-order chi connectivity index (χ0) is 14.7. The second-order valence-electron chi connectivity index (χ2n) is 6.97. The highest BCUT2D eigenvalue weighted by atomic mass is 16.5. The topological polar surface area (TPSA) is 32.8 Å². The monoisotopic (exact) mass is 292 g/mol. The molecule has 0 unspecified atom stereocenters. The van der Waals surface area contributed by atoms with Gasteiger partial charge in [-0.2, -0.15) is 0 Å². The van der Waals surface area contributed by atoms with Crippen molar-refractivity contribution in [3.05, 3.63) is 12.2 Å². The Hall–Kier alpha value is -0.870. The maximum atomic E-state index is 12.4. The van der Waals surface area contributed by atoms with Crippen LogP contribution in [0.4, 0.5) is 0 Å². The Morgan fingerprint density at radius 1 is 1.33 bits per heavy atom. The summed E-state index contributed by atoms with van der Waals surface area (Å²) in [5.41, 5.74) is 0. The number of ether oxygens (including phenoxy) is 1. The first-order valence-corrected chi connectivity index (χ1v) is 8.45. The van der Waals surface area contributed by atoms with Gasteiger partial charge in [0.1, 0.15) is 0 Å². The summed E-state index contributed by atoms with van der Waals surface area (Å²) in [5, 5.41) is 0. The van der Waals surface area contributed by atoms with Crippen molar-refractivity contribution >= 4 is 5.91 Å². The highest BCUT2D eigenvalue weighted by Crippen LogP contribution is 2.29. The quantitative estimate of drug-likeness (QED) is 0.701. The first-order chi connectivity index (χ1) is 10.2. The summed E-state index contributed by atoms with van der Waals surface area (Å²) in [6.45, 7) is 4.35. The molecule has 3 rings (SSSR count). The second kappa shape index (κ2) is 6.93. The summed E-state index contributed by atoms with van der Waals surface area (Å²) in [4.78, 5) is 16.8. The molecule has 1 saturated heterocycles. The third kappa shape index (κ3) is 4.55. The second-order valence-corrected chi connectivity index (χ2v) is 6.97. The van der Waals surface area contributed by atoms with Gasteiger partial charge in [-0.3, -0.25) is 4.79 Å². The molecule has 2 atom stereocenters. The van der Waals surface area contributed by atoms with E-state index in [-0.39, 0.29) is 6.10 Å². The number of hydrogen-bond donors (Lipinski definition) is 0. The maximum absolute atomic E-state index is 12.4. The van der Waals surface area contributed by atoms with E-state index >= 15 is 0 Å². The van der Waals surface area contributed by atoms with Crippen molar-refractivity contribution in [2.45, 2.75) is 38.2 Å². The van der Waals surface area contributed by atoms with Gasteiger partial charge in [0.25, 0.3) is 0 Å². The lowest BCUT2D eigenvalue weighted by atomic mass is 10.0. The molecule has 2 aliphatic carbocycles. The molecule has 1 saturated carbocycles. The van der Waals surface area contributed by atoms with Crippen molar-refractivity contribution in [3.8, 4) is 0 Å². The van der Waals surface area contributed by atoms with Gasteiger partial charge < -0.3 is 14.5 Å². The molecule has 0 aromatic carbocycles. The van der Waals surface area contributed by atoms with Crippen molar-refractivity contribution in [2.75, 3.05) is 39.8 Å². The Bertz CT molecular complexity index is 392. The zero-order valence-electron chi connectivity index (χ0n) is 13.2. The molecular formula is C17H28N2O2. The summed E-state index contributed by atoms with van der Waals surface area (Å²) < 4.78 is 5.85. The zero-order valence-corrected chi connectivity index (χ0v) is 13.2. The Morgan fingerprint density at radius 3 is 2.90 bits per heavy atom. The van der Waals surface area contributed by atoms with E-state index < -0.39 is 0 Å². The predicted octanol–water partition coefficient (Wildman–Crippen LogP) is 1.91. The number of nitrogens with zero attached hydrogens (tertiary/aromatic N) is 2. The fourth-order valence-corrected chi connectivity index (χ4v) is 3.44. The molecule has 0 bridgehead atoms. The number of carbonyl (C=O) groups is 1. The highest BCUT2D eigenvalue weighted by molar-refractivity contribution is 5.76. The smallest absolute Gasteiger partial charge is 0.223 e. The van der Waals surface area contributed by atoms with Crippen molar-refractivity contribution < 1.29 is 9.53 Å². The SMILES string of the molecule is CN(CC1CC1)C[C@@H]1CN(C(=O)C[C@@H]2C=CCC2)CCO1. The molecule has 1 heterocycles. The van der Waals surface area contributed by atoms with Crippen LogP contribution >= 0.6 is 0 Å². The molecule has 1 amide bonds. The van der Waals surface area contributed by atoms with Crippen molar-refractivity contribution in [1.82, 2.24) is 9.80 Å². The summed E-state index contributed by atoms with van der Waals surface area (Å²) >= 11 is 0. The average molecular weight is 292 g/mol. The molecule has 0 aromatic rings. The largest absolute Gasteiger partial charge is 0.373 e. The van der Waals surface area contributed by atoms with Crippen LogP contribution in [0.25, 0.3) is 0 Å². The summed E-state index contributed by atoms with van der Waals surface area (Å²) in [6.07, 6.45) is 10.3. The molecule has 0 aromatic heterocycles. The molecule has 2 fully saturated rings. The third-order valence-electron chi connectivity index (χ3n) is 4.82. The molecule has 21 heavy (non-hydrogen) atoms. The van der Waals surface area contributed by atoms with Gasteiger partial charge in [-0.25, -0.2) is 0 Å². The Labute approximate surface area is 128 Å². The van der Waals surface area contributed by atoms with E-state index in [1.165, 1.54) is 19.4 Å². The van der Waals surface area contributed by atoms with Crippen LogP contribution in [-0.4, -0.2) is 61.6 Å². The minimum atomic E-state index is 0.186. The standard InChI is InChI=1S/C17H28N2O2/c1-18(11-15-6-7-15)12-16-13-19(8-9-21-16)17(20)10-14-4-2-3-5-14/h2,4,14-16H,3,5-13H2,1H3/t14-,16-/m1/s1. The van der Waals surface area contributed by atoms with Gasteiger partial charge >= 0.3 is 0 Å². The number of morpholine rings is 1. The van der Waals surface area contributed by atoms with E-state index in [9.17, 15) is 4.79 Å². The van der Waals surface area contributed by atoms with E-state index in [2.05, 4.69) is 24.1 Å². The van der Waals surface area contributed by atoms with Gasteiger partial charge in [0.15, 0.2) is 0 Å². The number of carbonyl (C=O) groups excluding carboxylic acids is 1. The van der Waals surface area contributed by atoms with Gasteiger partial charge in [-0.15, -0.1) is 0 Å². The van der Waals surface area contributed by atoms with Crippen LogP contribution < -0.4 is 0 Å². The molecule has 0 spiro atoms. The van der Waals surface area contributed by atoms with E-state index in [0.717, 1.165) is 38.4 Å². The molecule has 0 radical (unpaired) electrons. The number of hydrogen-bond acceptors (Lipinski definition) is 3. The lowest BCUT2D eigenvalue weighted by Gasteiger charge is -2.35. The average Bonchev–Trinajstić information content (AvgIpc) is 3.12. The van der Waals surface area contributed by atoms with Crippen LogP contribution in [0.15, 0.2) is 12.2 Å². The minimum Gasteiger partial charge on any atom is -0.373 e. The number of likely N-dealkylation sites (N-methyl/N-ethyl adjacent to an activating group) is 1. The minimum absolute atomic E-state index is 0.186. The first kappa shape index (κ1) is 15.0. The maximum Gasteiger partial charge on any atom is 0.223 e. The fourth-order valence-electron chi connectivity index (χ4n) is 3.44. The predicted molar refractivity (Wildman–Crippen MR) is 83.0 cm³/mol. The van der Waals surface area contributed by atoms with Crippen molar-refractivity contribution in [3.63, 3.8) is 0 Å². The lowest BCUT2D eigenvalue weighted by Crippen LogP contribution is -2.49. The van der Waals surface area contributed by atoms with E-state index in [1.807, 2.05) is 4.90 Å². The molecule has 4 heteroatoms. The number of rotatable bonds is 6. The Balaban J connectivity index is 1.43. The number of allylic oxidation sites excluding steroid dienone is 2. The molecule has 3 aliphatic rings. The van der Waals surface area contributed by atoms with Gasteiger partial charge in [-0.05, 0) is 44.6 Å². The summed E-state index contributed by atoms with van der Waals surface area (Å²) in [7, 11) is 2.17. The van der Waals surface area contributed by atoms with Crippen LogP contribution in [0.2, 0.25) is 0 Å². The van der Waals surface area contributed by atoms with Gasteiger partial charge in [0.2, 0.25) is 5.91 Å². The van der Waals surface area contributed by atoms with Crippen molar-refractivity contribution in [2.24, 2.45) is 11.8 Å². The van der Waals surface area contributed by atoms with Gasteiger partial charge in [-0.1, -0.05) is 12.2 Å². The van der Waals surface area contributed by atoms with Crippen LogP contribution in [0.1, 0.15) is 32.1 Å². The first-order valence-electron chi connectivity index (χ1n) is 8.45. The van der Waals surface area contributed by atoms with Crippen LogP contribution in [-0.2, 0) is 9.53 Å². The van der Waals surface area contributed by atoms with E-state index in [1.54, 1.807) is 0 Å². The van der Waals surface area contributed by atoms with Crippen molar-refractivity contribution in [1.29, 1.82) is 0 Å². The summed E-state index contributed by atoms with van der Waals surface area (Å²) in [5.74, 6) is 1.69. The molecule has 118 valence electrons. The Morgan fingerprint density at radius 2 is 2.19 bits per heavy atom. The molecule has 4 nitrogen and oxygen atoms in total. The van der Waals surface area contributed by atoms with Gasteiger partial charge in [0.05, 0.1) is 12.7 Å². The van der Waals surface area contributed by atoms with Crippen LogP contribution in [0.5, 0.6) is 0 Å². The van der Waals surface area contributed by atoms with Crippen LogP contribution in [0, 0.1) is 11.8 Å². The third-order valence-corrected chi connectivity index (χ3v) is 4.82. The van der Waals surface area contributed by atoms with Gasteiger partial charge in [0, 0.05) is 32.6 Å². The number of amides is 1. The lowest BCUT2D eigenvalue weighted by molar-refractivity contribution is -0.140. The van der Waals surface area contributed by atoms with E-state index in [4.69, 9.17) is 4.74 Å². The molecule has 1 aliphatic heterocycles. The normalized spacial score (nSPS) is 29.3. The van der Waals surface area contributed by atoms with Crippen LogP contribution in [0.3, 0.4) is 0 Å². The summed E-state index contributed by atoms with van der Waals surface area (Å²) in [6, 6.07) is 0. The molecular weight excluding hydrogens is 264 g/mol. The molecule has 0 N–H and O–H groups in total. The highest BCUT2D eigenvalue weighted by Gasteiger charge is 2.28. The Kier molecular flexibility index (Phi) is 4.96. The van der Waals surface area contributed by atoms with E-state index in [0.29, 0.717) is 24.9 Å². The fraction of sp³-hybridized carbons (Fsp3) is 0.824.